The highest BCUT2D eigenvalue weighted by molar-refractivity contribution is 6.30. The Balaban J connectivity index is 1.65. The van der Waals surface area contributed by atoms with Gasteiger partial charge in [0.15, 0.2) is 6.61 Å². The molecule has 0 saturated carbocycles. The van der Waals surface area contributed by atoms with Crippen LogP contribution in [0.25, 0.3) is 0 Å². The fraction of sp³-hybridized carbons (Fsp3) is 0.263. The van der Waals surface area contributed by atoms with Crippen LogP contribution < -0.4 is 19.7 Å². The number of amides is 2. The van der Waals surface area contributed by atoms with Crippen LogP contribution in [-0.4, -0.2) is 37.7 Å². The lowest BCUT2D eigenvalue weighted by Crippen LogP contribution is -2.40. The Morgan fingerprint density at radius 2 is 1.93 bits per heavy atom. The molecule has 0 unspecified atom stereocenters. The van der Waals surface area contributed by atoms with Gasteiger partial charge in [0.25, 0.3) is 5.91 Å². The van der Waals surface area contributed by atoms with Crippen molar-refractivity contribution >= 4 is 34.8 Å². The smallest absolute Gasteiger partial charge is 0.471 e. The van der Waals surface area contributed by atoms with E-state index in [1.165, 1.54) is 23.1 Å². The van der Waals surface area contributed by atoms with Gasteiger partial charge < -0.3 is 19.7 Å². The monoisotopic (exact) mass is 428 g/mol. The molecule has 10 heteroatoms. The van der Waals surface area contributed by atoms with E-state index in [9.17, 15) is 22.8 Å². The maximum Gasteiger partial charge on any atom is 0.471 e. The Morgan fingerprint density at radius 1 is 1.21 bits per heavy atom. The van der Waals surface area contributed by atoms with Gasteiger partial charge >= 0.3 is 12.1 Å². The van der Waals surface area contributed by atoms with Crippen molar-refractivity contribution < 1.29 is 32.2 Å². The van der Waals surface area contributed by atoms with Crippen LogP contribution in [0, 0.1) is 0 Å². The first-order valence-corrected chi connectivity index (χ1v) is 8.95. The van der Waals surface area contributed by atoms with Gasteiger partial charge in [-0.25, -0.2) is 0 Å². The summed E-state index contributed by atoms with van der Waals surface area (Å²) in [4.78, 5) is 24.8. The van der Waals surface area contributed by atoms with Crippen molar-refractivity contribution in [2.24, 2.45) is 0 Å². The van der Waals surface area contributed by atoms with Crippen molar-refractivity contribution in [3.05, 3.63) is 47.5 Å². The fourth-order valence-corrected chi connectivity index (χ4v) is 2.80. The molecule has 1 N–H and O–H groups in total. The van der Waals surface area contributed by atoms with E-state index >= 15 is 0 Å². The lowest BCUT2D eigenvalue weighted by molar-refractivity contribution is -0.167. The Hall–Kier alpha value is -2.94. The Bertz CT molecular complexity index is 903. The van der Waals surface area contributed by atoms with Crippen molar-refractivity contribution in [2.75, 3.05) is 30.0 Å². The van der Waals surface area contributed by atoms with Gasteiger partial charge in [0.1, 0.15) is 11.5 Å². The summed E-state index contributed by atoms with van der Waals surface area (Å²) >= 11 is 5.81. The second-order valence-corrected chi connectivity index (χ2v) is 6.56. The fourth-order valence-electron chi connectivity index (χ4n) is 2.67. The average Bonchev–Trinajstić information content (AvgIpc) is 2.67. The Labute approximate surface area is 169 Å². The molecule has 0 atom stereocenters. The van der Waals surface area contributed by atoms with E-state index in [4.69, 9.17) is 21.1 Å². The van der Waals surface area contributed by atoms with Crippen LogP contribution in [0.1, 0.15) is 6.42 Å². The van der Waals surface area contributed by atoms with E-state index in [1.807, 2.05) is 0 Å². The third kappa shape index (κ3) is 5.32. The number of carbonyl (C=O) groups excluding carboxylic acids is 2. The molecule has 0 saturated heterocycles. The number of hydrogen-bond acceptors (Lipinski definition) is 4. The molecule has 6 nitrogen and oxygen atoms in total. The third-order valence-corrected chi connectivity index (χ3v) is 4.28. The van der Waals surface area contributed by atoms with Gasteiger partial charge in [-0.2, -0.15) is 13.2 Å². The molecule has 2 aromatic rings. The highest BCUT2D eigenvalue weighted by Crippen LogP contribution is 2.35. The number of halogens is 4. The quantitative estimate of drug-likeness (QED) is 0.705. The molecule has 0 radical (unpaired) electrons. The van der Waals surface area contributed by atoms with E-state index < -0.39 is 12.1 Å². The molecule has 29 heavy (non-hydrogen) atoms. The van der Waals surface area contributed by atoms with Crippen LogP contribution in [0.2, 0.25) is 5.02 Å². The summed E-state index contributed by atoms with van der Waals surface area (Å²) in [7, 11) is 0. The number of ether oxygens (including phenoxy) is 2. The zero-order chi connectivity index (χ0) is 21.0. The number of benzene rings is 2. The van der Waals surface area contributed by atoms with Gasteiger partial charge in [0.05, 0.1) is 12.3 Å². The van der Waals surface area contributed by atoms with E-state index in [1.54, 1.807) is 29.6 Å². The molecule has 1 heterocycles. The normalized spacial score (nSPS) is 13.5. The van der Waals surface area contributed by atoms with Crippen LogP contribution in [0.4, 0.5) is 24.5 Å². The summed E-state index contributed by atoms with van der Waals surface area (Å²) in [5, 5.41) is 2.35. The molecular formula is C19H16ClF3N2O4. The van der Waals surface area contributed by atoms with Crippen LogP contribution in [-0.2, 0) is 9.59 Å². The predicted octanol–water partition coefficient (Wildman–Crippen LogP) is 4.04. The van der Waals surface area contributed by atoms with E-state index in [0.29, 0.717) is 29.5 Å². The highest BCUT2D eigenvalue weighted by atomic mass is 35.5. The first-order chi connectivity index (χ1) is 13.7. The van der Waals surface area contributed by atoms with Crippen LogP contribution >= 0.6 is 11.6 Å². The summed E-state index contributed by atoms with van der Waals surface area (Å²) in [6, 6.07) is 10.8. The molecule has 1 aliphatic rings. The highest BCUT2D eigenvalue weighted by Gasteiger charge is 2.39. The molecule has 0 bridgehead atoms. The second-order valence-electron chi connectivity index (χ2n) is 6.12. The molecule has 0 spiro atoms. The number of rotatable bonds is 6. The molecule has 0 aliphatic carbocycles. The minimum Gasteiger partial charge on any atom is -0.494 e. The summed E-state index contributed by atoms with van der Waals surface area (Å²) in [5.41, 5.74) is 0.194. The lowest BCUT2D eigenvalue weighted by Gasteiger charge is -2.30. The molecule has 0 fully saturated rings. The molecule has 1 aliphatic heterocycles. The summed E-state index contributed by atoms with van der Waals surface area (Å²) in [6.07, 6.45) is -4.55. The Kier molecular flexibility index (Phi) is 6.17. The number of nitrogens with zero attached hydrogens (tertiary/aromatic N) is 1. The van der Waals surface area contributed by atoms with Crippen molar-refractivity contribution in [3.63, 3.8) is 0 Å². The summed E-state index contributed by atoms with van der Waals surface area (Å²) < 4.78 is 48.3. The van der Waals surface area contributed by atoms with Crippen LogP contribution in [0.15, 0.2) is 42.5 Å². The van der Waals surface area contributed by atoms with Gasteiger partial charge in [-0.3, -0.25) is 9.59 Å². The predicted molar refractivity (Wildman–Crippen MR) is 101 cm³/mol. The zero-order valence-electron chi connectivity index (χ0n) is 15.0. The van der Waals surface area contributed by atoms with E-state index in [0.717, 1.165) is 0 Å². The van der Waals surface area contributed by atoms with E-state index in [-0.39, 0.29) is 30.4 Å². The maximum atomic E-state index is 12.5. The topological polar surface area (TPSA) is 67.9 Å². The van der Waals surface area contributed by atoms with Crippen molar-refractivity contribution in [1.29, 1.82) is 0 Å². The molecule has 3 rings (SSSR count). The minimum absolute atomic E-state index is 0.0909. The number of carbonyl (C=O) groups is 2. The van der Waals surface area contributed by atoms with Gasteiger partial charge in [-0.15, -0.1) is 0 Å². The van der Waals surface area contributed by atoms with Crippen molar-refractivity contribution in [2.45, 2.75) is 12.6 Å². The number of hydrogen-bond donors (Lipinski definition) is 1. The average molecular weight is 429 g/mol. The molecular weight excluding hydrogens is 413 g/mol. The van der Waals surface area contributed by atoms with Crippen molar-refractivity contribution in [1.82, 2.24) is 0 Å². The van der Waals surface area contributed by atoms with E-state index in [2.05, 4.69) is 0 Å². The molecule has 2 amide bonds. The third-order valence-electron chi connectivity index (χ3n) is 4.03. The van der Waals surface area contributed by atoms with Crippen molar-refractivity contribution in [3.8, 4) is 11.5 Å². The molecule has 0 aromatic heterocycles. The zero-order valence-corrected chi connectivity index (χ0v) is 15.7. The summed E-state index contributed by atoms with van der Waals surface area (Å²) in [5.74, 6) is -1.47. The van der Waals surface area contributed by atoms with Crippen LogP contribution in [0.5, 0.6) is 11.5 Å². The largest absolute Gasteiger partial charge is 0.494 e. The summed E-state index contributed by atoms with van der Waals surface area (Å²) in [6.45, 7) is 0.394. The molecule has 2 aromatic carbocycles. The maximum absolute atomic E-state index is 12.5. The standard InChI is InChI=1S/C19H16ClF3N2O4/c20-12-2-5-14(6-3-12)28-9-1-8-25-15-10-13(24-18(27)19(21,22)23)4-7-16(15)29-11-17(25)26/h2-7,10H,1,8-9,11H2,(H,24,27). The van der Waals surface area contributed by atoms with Gasteiger partial charge in [0, 0.05) is 17.3 Å². The minimum atomic E-state index is -5.01. The number of anilines is 2. The second kappa shape index (κ2) is 8.60. The van der Waals surface area contributed by atoms with Gasteiger partial charge in [-0.1, -0.05) is 11.6 Å². The first kappa shape index (κ1) is 20.8. The first-order valence-electron chi connectivity index (χ1n) is 8.58. The molecule has 154 valence electrons. The number of alkyl halides is 3. The Morgan fingerprint density at radius 3 is 2.62 bits per heavy atom. The number of nitrogens with one attached hydrogen (secondary N) is 1. The lowest BCUT2D eigenvalue weighted by atomic mass is 10.2. The number of fused-ring (bicyclic) bond motifs is 1. The van der Waals surface area contributed by atoms with Gasteiger partial charge in [-0.05, 0) is 48.9 Å². The van der Waals surface area contributed by atoms with Gasteiger partial charge in [0.2, 0.25) is 0 Å². The SMILES string of the molecule is O=C1COc2ccc(NC(=O)C(F)(F)F)cc2N1CCCOc1ccc(Cl)cc1. The van der Waals surface area contributed by atoms with Crippen LogP contribution in [0.3, 0.4) is 0 Å².